The molecule has 1 aliphatic rings. The highest BCUT2D eigenvalue weighted by Crippen LogP contribution is 2.25. The van der Waals surface area contributed by atoms with Crippen molar-refractivity contribution in [2.45, 2.75) is 5.54 Å². The molecule has 2 rings (SSSR count). The monoisotopic (exact) mass is 285 g/mol. The van der Waals surface area contributed by atoms with E-state index in [1.54, 1.807) is 0 Å². The first-order chi connectivity index (χ1) is 7.66. The number of carbonyl (C=O) groups is 1. The van der Waals surface area contributed by atoms with Crippen LogP contribution in [0.15, 0.2) is 28.7 Å². The van der Waals surface area contributed by atoms with E-state index in [0.717, 1.165) is 10.2 Å². The molecule has 16 heavy (non-hydrogen) atoms. The van der Waals surface area contributed by atoms with Gasteiger partial charge in [-0.2, -0.15) is 0 Å². The lowest BCUT2D eigenvalue weighted by Crippen LogP contribution is -2.62. The number of anilines is 1. The molecule has 4 nitrogen and oxygen atoms in total. The SMILES string of the molecule is COC(=O)C1(Nc2ccc(Br)cc2)COC1. The highest BCUT2D eigenvalue weighted by atomic mass is 79.9. The summed E-state index contributed by atoms with van der Waals surface area (Å²) < 4.78 is 10.8. The molecule has 1 aromatic carbocycles. The van der Waals surface area contributed by atoms with Crippen molar-refractivity contribution in [2.75, 3.05) is 25.6 Å². The maximum Gasteiger partial charge on any atom is 0.336 e. The van der Waals surface area contributed by atoms with Crippen LogP contribution in [0, 0.1) is 0 Å². The predicted molar refractivity (Wildman–Crippen MR) is 63.3 cm³/mol. The Morgan fingerprint density at radius 1 is 1.44 bits per heavy atom. The summed E-state index contributed by atoms with van der Waals surface area (Å²) >= 11 is 3.35. The number of hydrogen-bond donors (Lipinski definition) is 1. The first kappa shape index (κ1) is 11.4. The van der Waals surface area contributed by atoms with E-state index in [0.29, 0.717) is 13.2 Å². The van der Waals surface area contributed by atoms with Crippen LogP contribution in [0.2, 0.25) is 0 Å². The molecule has 1 aliphatic heterocycles. The first-order valence-corrected chi connectivity index (χ1v) is 5.65. The summed E-state index contributed by atoms with van der Waals surface area (Å²) in [7, 11) is 1.38. The summed E-state index contributed by atoms with van der Waals surface area (Å²) in [6.07, 6.45) is 0. The molecular weight excluding hydrogens is 274 g/mol. The van der Waals surface area contributed by atoms with E-state index >= 15 is 0 Å². The van der Waals surface area contributed by atoms with E-state index in [-0.39, 0.29) is 5.97 Å². The van der Waals surface area contributed by atoms with Gasteiger partial charge in [-0.05, 0) is 24.3 Å². The molecular formula is C11H12BrNO3. The molecule has 0 aliphatic carbocycles. The third-order valence-electron chi connectivity index (χ3n) is 2.50. The molecule has 0 saturated carbocycles. The Labute approximate surface area is 102 Å². The van der Waals surface area contributed by atoms with Crippen LogP contribution in [0.4, 0.5) is 5.69 Å². The standard InChI is InChI=1S/C11H12BrNO3/c1-15-10(14)11(6-16-7-11)13-9-4-2-8(12)3-5-9/h2-5,13H,6-7H2,1H3. The van der Waals surface area contributed by atoms with Gasteiger partial charge in [0.1, 0.15) is 0 Å². The second-order valence-corrected chi connectivity index (χ2v) is 4.61. The lowest BCUT2D eigenvalue weighted by atomic mass is 9.97. The zero-order chi connectivity index (χ0) is 11.6. The van der Waals surface area contributed by atoms with Gasteiger partial charge in [-0.3, -0.25) is 0 Å². The predicted octanol–water partition coefficient (Wildman–Crippen LogP) is 1.80. The van der Waals surface area contributed by atoms with Crippen LogP contribution < -0.4 is 5.32 Å². The summed E-state index contributed by atoms with van der Waals surface area (Å²) in [6.45, 7) is 0.686. The minimum atomic E-state index is -0.720. The van der Waals surface area contributed by atoms with Crippen molar-refractivity contribution < 1.29 is 14.3 Å². The van der Waals surface area contributed by atoms with E-state index < -0.39 is 5.54 Å². The van der Waals surface area contributed by atoms with Gasteiger partial charge in [0.05, 0.1) is 20.3 Å². The molecule has 0 unspecified atom stereocenters. The van der Waals surface area contributed by atoms with Crippen molar-refractivity contribution in [1.29, 1.82) is 0 Å². The average Bonchev–Trinajstić information content (AvgIpc) is 2.25. The number of esters is 1. The van der Waals surface area contributed by atoms with Gasteiger partial charge in [0.2, 0.25) is 0 Å². The molecule has 0 amide bonds. The molecule has 1 aromatic rings. The van der Waals surface area contributed by atoms with Gasteiger partial charge in [0.25, 0.3) is 0 Å². The Hall–Kier alpha value is -1.07. The molecule has 0 atom stereocenters. The van der Waals surface area contributed by atoms with Crippen molar-refractivity contribution in [3.63, 3.8) is 0 Å². The number of halogens is 1. The minimum absolute atomic E-state index is 0.290. The van der Waals surface area contributed by atoms with Crippen LogP contribution in [0.25, 0.3) is 0 Å². The molecule has 0 radical (unpaired) electrons. The number of rotatable bonds is 3. The van der Waals surface area contributed by atoms with Crippen molar-refractivity contribution >= 4 is 27.6 Å². The summed E-state index contributed by atoms with van der Waals surface area (Å²) in [5.74, 6) is -0.290. The highest BCUT2D eigenvalue weighted by molar-refractivity contribution is 9.10. The Morgan fingerprint density at radius 3 is 2.50 bits per heavy atom. The van der Waals surface area contributed by atoms with Crippen LogP contribution >= 0.6 is 15.9 Å². The van der Waals surface area contributed by atoms with Crippen molar-refractivity contribution in [1.82, 2.24) is 0 Å². The van der Waals surface area contributed by atoms with Gasteiger partial charge in [-0.1, -0.05) is 15.9 Å². The van der Waals surface area contributed by atoms with Gasteiger partial charge in [0.15, 0.2) is 5.54 Å². The minimum Gasteiger partial charge on any atom is -0.467 e. The van der Waals surface area contributed by atoms with Gasteiger partial charge in [0, 0.05) is 10.2 Å². The molecule has 1 heterocycles. The lowest BCUT2D eigenvalue weighted by molar-refractivity contribution is -0.161. The Bertz CT molecular complexity index is 387. The van der Waals surface area contributed by atoms with Crippen molar-refractivity contribution in [2.24, 2.45) is 0 Å². The summed E-state index contributed by atoms with van der Waals surface area (Å²) in [4.78, 5) is 11.6. The molecule has 1 saturated heterocycles. The fourth-order valence-corrected chi connectivity index (χ4v) is 1.82. The van der Waals surface area contributed by atoms with E-state index in [1.807, 2.05) is 24.3 Å². The van der Waals surface area contributed by atoms with Gasteiger partial charge in [-0.25, -0.2) is 4.79 Å². The second-order valence-electron chi connectivity index (χ2n) is 3.70. The number of hydrogen-bond acceptors (Lipinski definition) is 4. The summed E-state index contributed by atoms with van der Waals surface area (Å²) in [5, 5.41) is 3.15. The van der Waals surface area contributed by atoms with Gasteiger partial charge >= 0.3 is 5.97 Å². The van der Waals surface area contributed by atoms with Crippen LogP contribution in [0.3, 0.4) is 0 Å². The van der Waals surface area contributed by atoms with E-state index in [2.05, 4.69) is 21.2 Å². The summed E-state index contributed by atoms with van der Waals surface area (Å²) in [6, 6.07) is 7.61. The Balaban J connectivity index is 2.13. The number of ether oxygens (including phenoxy) is 2. The molecule has 1 fully saturated rings. The number of methoxy groups -OCH3 is 1. The van der Waals surface area contributed by atoms with Crippen LogP contribution in [0.5, 0.6) is 0 Å². The first-order valence-electron chi connectivity index (χ1n) is 4.86. The fraction of sp³-hybridized carbons (Fsp3) is 0.364. The van der Waals surface area contributed by atoms with Crippen LogP contribution in [-0.2, 0) is 14.3 Å². The maximum atomic E-state index is 11.6. The number of nitrogens with one attached hydrogen (secondary N) is 1. The van der Waals surface area contributed by atoms with Crippen LogP contribution in [-0.4, -0.2) is 31.8 Å². The third kappa shape index (κ3) is 2.05. The average molecular weight is 286 g/mol. The zero-order valence-corrected chi connectivity index (χ0v) is 10.4. The molecule has 0 aromatic heterocycles. The van der Waals surface area contributed by atoms with Crippen molar-refractivity contribution in [3.05, 3.63) is 28.7 Å². The Kier molecular flexibility index (Phi) is 3.16. The largest absolute Gasteiger partial charge is 0.467 e. The van der Waals surface area contributed by atoms with E-state index in [4.69, 9.17) is 9.47 Å². The zero-order valence-electron chi connectivity index (χ0n) is 8.83. The molecule has 0 bridgehead atoms. The maximum absolute atomic E-state index is 11.6. The summed E-state index contributed by atoms with van der Waals surface area (Å²) in [5.41, 5.74) is 0.152. The van der Waals surface area contributed by atoms with Gasteiger partial charge in [-0.15, -0.1) is 0 Å². The quantitative estimate of drug-likeness (QED) is 0.861. The van der Waals surface area contributed by atoms with E-state index in [1.165, 1.54) is 7.11 Å². The highest BCUT2D eigenvalue weighted by Gasteiger charge is 2.47. The number of carbonyl (C=O) groups excluding carboxylic acids is 1. The van der Waals surface area contributed by atoms with Crippen LogP contribution in [0.1, 0.15) is 0 Å². The smallest absolute Gasteiger partial charge is 0.336 e. The topological polar surface area (TPSA) is 47.6 Å². The molecule has 0 spiro atoms. The molecule has 1 N–H and O–H groups in total. The second kappa shape index (κ2) is 4.43. The third-order valence-corrected chi connectivity index (χ3v) is 3.03. The van der Waals surface area contributed by atoms with E-state index in [9.17, 15) is 4.79 Å². The molecule has 86 valence electrons. The number of benzene rings is 1. The molecule has 5 heteroatoms. The van der Waals surface area contributed by atoms with Gasteiger partial charge < -0.3 is 14.8 Å². The lowest BCUT2D eigenvalue weighted by Gasteiger charge is -2.39. The normalized spacial score (nSPS) is 17.4. The Morgan fingerprint density at radius 2 is 2.06 bits per heavy atom. The fourth-order valence-electron chi connectivity index (χ4n) is 1.55. The van der Waals surface area contributed by atoms with Crippen molar-refractivity contribution in [3.8, 4) is 0 Å².